The number of alkyl halides is 1. The summed E-state index contributed by atoms with van der Waals surface area (Å²) in [5.74, 6) is 0. The lowest BCUT2D eigenvalue weighted by Crippen LogP contribution is -1.58. The summed E-state index contributed by atoms with van der Waals surface area (Å²) in [6.07, 6.45) is 2.82. The van der Waals surface area contributed by atoms with Gasteiger partial charge in [-0.15, -0.1) is 0 Å². The van der Waals surface area contributed by atoms with Crippen molar-refractivity contribution in [2.45, 2.75) is 6.42 Å². The quantitative estimate of drug-likeness (QED) is 0.409. The Morgan fingerprint density at radius 1 is 2.00 bits per heavy atom. The Bertz CT molecular complexity index is 64.0. The van der Waals surface area contributed by atoms with Crippen molar-refractivity contribution in [2.24, 2.45) is 0 Å². The maximum atomic E-state index is 11.1. The van der Waals surface area contributed by atoms with E-state index in [2.05, 4.69) is 0 Å². The SMILES string of the molecule is FCC1=CC1. The van der Waals surface area contributed by atoms with E-state index in [0.29, 0.717) is 0 Å². The molecule has 1 rings (SSSR count). The summed E-state index contributed by atoms with van der Waals surface area (Å²) in [6, 6.07) is 0. The van der Waals surface area contributed by atoms with Crippen LogP contribution in [-0.2, 0) is 0 Å². The van der Waals surface area contributed by atoms with Crippen LogP contribution in [0.1, 0.15) is 6.42 Å². The Kier molecular flexibility index (Phi) is 0.469. The van der Waals surface area contributed by atoms with Crippen LogP contribution in [0.3, 0.4) is 0 Å². The molecule has 1 aliphatic rings. The van der Waals surface area contributed by atoms with Gasteiger partial charge in [0.2, 0.25) is 0 Å². The first-order valence-electron chi connectivity index (χ1n) is 1.67. The van der Waals surface area contributed by atoms with Gasteiger partial charge in [-0.1, -0.05) is 6.08 Å². The van der Waals surface area contributed by atoms with Crippen molar-refractivity contribution in [3.8, 4) is 0 Å². The molecule has 0 amide bonds. The molecule has 0 atom stereocenters. The van der Waals surface area contributed by atoms with Crippen LogP contribution in [0.15, 0.2) is 11.6 Å². The molecule has 0 aliphatic heterocycles. The van der Waals surface area contributed by atoms with E-state index in [4.69, 9.17) is 0 Å². The van der Waals surface area contributed by atoms with E-state index in [1.54, 1.807) is 0 Å². The highest BCUT2D eigenvalue weighted by atomic mass is 19.1. The summed E-state index contributed by atoms with van der Waals surface area (Å²) in [5, 5.41) is 0. The van der Waals surface area contributed by atoms with Crippen LogP contribution in [0.5, 0.6) is 0 Å². The van der Waals surface area contributed by atoms with Crippen molar-refractivity contribution in [3.05, 3.63) is 11.6 Å². The molecule has 0 spiro atoms. The van der Waals surface area contributed by atoms with Crippen LogP contribution in [0.2, 0.25) is 0 Å². The van der Waals surface area contributed by atoms with Gasteiger partial charge in [-0.05, 0) is 12.0 Å². The molecular weight excluding hydrogens is 67.0 g/mol. The molecule has 1 heteroatoms. The maximum Gasteiger partial charge on any atom is 0.111 e. The van der Waals surface area contributed by atoms with Crippen molar-refractivity contribution in [1.29, 1.82) is 0 Å². The zero-order valence-electron chi connectivity index (χ0n) is 2.87. The summed E-state index contributed by atoms with van der Waals surface area (Å²) in [4.78, 5) is 0. The lowest BCUT2D eigenvalue weighted by molar-refractivity contribution is 0.550. The third-order valence-corrected chi connectivity index (χ3v) is 0.664. The average Bonchev–Trinajstić information content (AvgIpc) is 2.12. The fraction of sp³-hybridized carbons (Fsp3) is 0.500. The predicted octanol–water partition coefficient (Wildman–Crippen LogP) is 1.29. The van der Waals surface area contributed by atoms with Gasteiger partial charge in [0.15, 0.2) is 0 Å². The summed E-state index contributed by atoms with van der Waals surface area (Å²) in [6.45, 7) is -0.222. The average molecular weight is 72.1 g/mol. The van der Waals surface area contributed by atoms with E-state index in [1.807, 2.05) is 6.08 Å². The standard InChI is InChI=1S/C4H5F/c5-3-4-1-2-4/h1H,2-3H2. The summed E-state index contributed by atoms with van der Waals surface area (Å²) in [5.41, 5.74) is 0.963. The normalized spacial score (nSPS) is 18.2. The third-order valence-electron chi connectivity index (χ3n) is 0.664. The van der Waals surface area contributed by atoms with Gasteiger partial charge in [0.05, 0.1) is 0 Å². The molecule has 0 unspecified atom stereocenters. The molecule has 0 saturated carbocycles. The fourth-order valence-corrected chi connectivity index (χ4v) is 0.181. The molecule has 0 nitrogen and oxygen atoms in total. The number of hydrogen-bond donors (Lipinski definition) is 0. The van der Waals surface area contributed by atoms with Crippen molar-refractivity contribution in [2.75, 3.05) is 6.67 Å². The second kappa shape index (κ2) is 0.814. The summed E-state index contributed by atoms with van der Waals surface area (Å²) < 4.78 is 11.1. The van der Waals surface area contributed by atoms with Crippen LogP contribution in [-0.4, -0.2) is 6.67 Å². The number of hydrogen-bond acceptors (Lipinski definition) is 0. The van der Waals surface area contributed by atoms with Crippen LogP contribution < -0.4 is 0 Å². The van der Waals surface area contributed by atoms with Gasteiger partial charge in [0.1, 0.15) is 6.67 Å². The van der Waals surface area contributed by atoms with Crippen molar-refractivity contribution >= 4 is 0 Å². The Labute approximate surface area is 30.3 Å². The van der Waals surface area contributed by atoms with E-state index < -0.39 is 0 Å². The Morgan fingerprint density at radius 2 is 2.60 bits per heavy atom. The maximum absolute atomic E-state index is 11.1. The molecule has 0 bridgehead atoms. The molecule has 28 valence electrons. The molecule has 0 saturated heterocycles. The van der Waals surface area contributed by atoms with Crippen LogP contribution in [0, 0.1) is 0 Å². The Hall–Kier alpha value is -0.330. The molecule has 1 aliphatic carbocycles. The number of allylic oxidation sites excluding steroid dienone is 2. The molecule has 0 radical (unpaired) electrons. The summed E-state index contributed by atoms with van der Waals surface area (Å²) >= 11 is 0. The monoisotopic (exact) mass is 72.0 g/mol. The molecular formula is C4H5F. The Balaban J connectivity index is 2.22. The zero-order valence-corrected chi connectivity index (χ0v) is 2.87. The highest BCUT2D eigenvalue weighted by Gasteiger charge is 2.02. The molecule has 0 fully saturated rings. The minimum Gasteiger partial charge on any atom is -0.246 e. The molecule has 0 aromatic heterocycles. The van der Waals surface area contributed by atoms with E-state index >= 15 is 0 Å². The highest BCUT2D eigenvalue weighted by Crippen LogP contribution is 2.16. The largest absolute Gasteiger partial charge is 0.246 e. The molecule has 0 N–H and O–H groups in total. The van der Waals surface area contributed by atoms with Gasteiger partial charge in [-0.25, -0.2) is 4.39 Å². The Morgan fingerprint density at radius 3 is 2.60 bits per heavy atom. The van der Waals surface area contributed by atoms with Gasteiger partial charge in [0.25, 0.3) is 0 Å². The first-order valence-corrected chi connectivity index (χ1v) is 1.67. The van der Waals surface area contributed by atoms with Gasteiger partial charge in [-0.2, -0.15) is 0 Å². The van der Waals surface area contributed by atoms with Gasteiger partial charge < -0.3 is 0 Å². The second-order valence-electron chi connectivity index (χ2n) is 1.20. The number of rotatable bonds is 1. The molecule has 0 aromatic carbocycles. The van der Waals surface area contributed by atoms with Gasteiger partial charge >= 0.3 is 0 Å². The predicted molar refractivity (Wildman–Crippen MR) is 18.7 cm³/mol. The molecule has 0 aromatic rings. The van der Waals surface area contributed by atoms with E-state index in [-0.39, 0.29) is 6.67 Å². The van der Waals surface area contributed by atoms with Crippen LogP contribution >= 0.6 is 0 Å². The second-order valence-corrected chi connectivity index (χ2v) is 1.20. The smallest absolute Gasteiger partial charge is 0.111 e. The topological polar surface area (TPSA) is 0 Å². The molecule has 5 heavy (non-hydrogen) atoms. The minimum atomic E-state index is -0.222. The number of halogens is 1. The third kappa shape index (κ3) is 0.469. The highest BCUT2D eigenvalue weighted by molar-refractivity contribution is 5.21. The van der Waals surface area contributed by atoms with Crippen molar-refractivity contribution in [3.63, 3.8) is 0 Å². The minimum absolute atomic E-state index is 0.222. The van der Waals surface area contributed by atoms with Gasteiger partial charge in [-0.3, -0.25) is 0 Å². The molecule has 0 heterocycles. The fourth-order valence-electron chi connectivity index (χ4n) is 0.181. The van der Waals surface area contributed by atoms with E-state index in [1.165, 1.54) is 0 Å². The van der Waals surface area contributed by atoms with Crippen LogP contribution in [0.4, 0.5) is 4.39 Å². The van der Waals surface area contributed by atoms with Gasteiger partial charge in [0, 0.05) is 0 Å². The zero-order chi connectivity index (χ0) is 3.70. The summed E-state index contributed by atoms with van der Waals surface area (Å²) in [7, 11) is 0. The first-order chi connectivity index (χ1) is 2.43. The van der Waals surface area contributed by atoms with Crippen molar-refractivity contribution in [1.82, 2.24) is 0 Å². The van der Waals surface area contributed by atoms with Crippen molar-refractivity contribution < 1.29 is 4.39 Å². The van der Waals surface area contributed by atoms with E-state index in [0.717, 1.165) is 12.0 Å². The lowest BCUT2D eigenvalue weighted by Gasteiger charge is -1.64. The first kappa shape index (κ1) is 2.88. The lowest BCUT2D eigenvalue weighted by atomic mass is 10.6. The van der Waals surface area contributed by atoms with Crippen LogP contribution in [0.25, 0.3) is 0 Å². The van der Waals surface area contributed by atoms with E-state index in [9.17, 15) is 4.39 Å².